The fourth-order valence-electron chi connectivity index (χ4n) is 6.15. The molecule has 0 atom stereocenters. The van der Waals surface area contributed by atoms with E-state index in [9.17, 15) is 20.0 Å². The lowest BCUT2D eigenvalue weighted by molar-refractivity contribution is 0.0690. The summed E-state index contributed by atoms with van der Waals surface area (Å²) in [4.78, 5) is 37.4. The number of hydrogen-bond donors (Lipinski definition) is 2. The van der Waals surface area contributed by atoms with Crippen molar-refractivity contribution in [1.29, 1.82) is 5.26 Å². The molecule has 3 heterocycles. The summed E-state index contributed by atoms with van der Waals surface area (Å²) in [6, 6.07) is 23.8. The minimum Gasteiger partial charge on any atom is -0.494 e. The van der Waals surface area contributed by atoms with E-state index >= 15 is 0 Å². The Morgan fingerprint density at radius 2 is 1.87 bits per heavy atom. The van der Waals surface area contributed by atoms with Crippen molar-refractivity contribution in [3.8, 4) is 11.8 Å². The Hall–Kier alpha value is -4.79. The first-order chi connectivity index (χ1) is 22.4. The van der Waals surface area contributed by atoms with Gasteiger partial charge in [-0.15, -0.1) is 11.3 Å². The molecule has 0 radical (unpaired) electrons. The lowest BCUT2D eigenvalue weighted by atomic mass is 9.65. The number of aromatic nitrogens is 2. The largest absolute Gasteiger partial charge is 0.494 e. The van der Waals surface area contributed by atoms with E-state index in [0.29, 0.717) is 53.2 Å². The van der Waals surface area contributed by atoms with Crippen molar-refractivity contribution in [3.05, 3.63) is 99.6 Å². The number of anilines is 2. The van der Waals surface area contributed by atoms with Gasteiger partial charge in [0.1, 0.15) is 5.75 Å². The van der Waals surface area contributed by atoms with E-state index in [-0.39, 0.29) is 17.0 Å². The van der Waals surface area contributed by atoms with Gasteiger partial charge in [0.2, 0.25) is 0 Å². The topological polar surface area (TPSA) is 128 Å². The van der Waals surface area contributed by atoms with Gasteiger partial charge in [-0.25, -0.2) is 14.8 Å². The average molecular weight is 650 g/mol. The molecular formula is C35H31N5O4S2. The number of amides is 1. The van der Waals surface area contributed by atoms with Gasteiger partial charge in [-0.3, -0.25) is 10.1 Å². The van der Waals surface area contributed by atoms with Gasteiger partial charge < -0.3 is 14.7 Å². The van der Waals surface area contributed by atoms with Gasteiger partial charge in [0.15, 0.2) is 16.0 Å². The fourth-order valence-corrected chi connectivity index (χ4v) is 8.13. The summed E-state index contributed by atoms with van der Waals surface area (Å²) in [5.74, 6) is -0.537. The van der Waals surface area contributed by atoms with Crippen molar-refractivity contribution in [2.45, 2.75) is 50.5 Å². The quantitative estimate of drug-likeness (QED) is 0.152. The molecule has 9 nitrogen and oxygen atoms in total. The standard InChI is InChI=1S/C35H31N5O4S2/c36-21-35(16-5-17-35)23-11-13-24(14-12-23)44-19-4-10-29-30(32(42)43)38-34(46-29)40-18-15-22-6-3-7-25(26(22)20-40)31(41)39-33-37-27-8-1-2-9-28(27)45-33/h1-3,6-9,11-14H,4-5,10,15-20H2,(H,42,43)(H,37,39,41). The molecule has 0 bridgehead atoms. The molecule has 232 valence electrons. The SMILES string of the molecule is N#CC1(c2ccc(OCCCc3sc(N4CCc5cccc(C(=O)Nc6nc7ccccc7s6)c5C4)nc3C(=O)O)cc2)CCC1. The highest BCUT2D eigenvalue weighted by molar-refractivity contribution is 7.22. The summed E-state index contributed by atoms with van der Waals surface area (Å²) in [5, 5.41) is 23.7. The van der Waals surface area contributed by atoms with Crippen LogP contribution in [-0.4, -0.2) is 40.1 Å². The summed E-state index contributed by atoms with van der Waals surface area (Å²) < 4.78 is 6.95. The maximum Gasteiger partial charge on any atom is 0.355 e. The minimum absolute atomic E-state index is 0.0688. The van der Waals surface area contributed by atoms with Crippen molar-refractivity contribution in [2.24, 2.45) is 0 Å². The molecular weight excluding hydrogens is 619 g/mol. The van der Waals surface area contributed by atoms with Crippen molar-refractivity contribution in [3.63, 3.8) is 0 Å². The highest BCUT2D eigenvalue weighted by atomic mass is 32.1. The summed E-state index contributed by atoms with van der Waals surface area (Å²) in [5.41, 5.74) is 4.20. The zero-order valence-electron chi connectivity index (χ0n) is 25.0. The monoisotopic (exact) mass is 649 g/mol. The first-order valence-electron chi connectivity index (χ1n) is 15.3. The highest BCUT2D eigenvalue weighted by Crippen LogP contribution is 2.43. The van der Waals surface area contributed by atoms with Crippen LogP contribution in [-0.2, 0) is 24.8 Å². The van der Waals surface area contributed by atoms with Crippen LogP contribution in [0.15, 0.2) is 66.7 Å². The Morgan fingerprint density at radius 3 is 2.61 bits per heavy atom. The third-order valence-corrected chi connectivity index (χ3v) is 11.0. The Morgan fingerprint density at radius 1 is 1.04 bits per heavy atom. The number of fused-ring (bicyclic) bond motifs is 2. The van der Waals surface area contributed by atoms with Crippen LogP contribution in [0.4, 0.5) is 10.3 Å². The van der Waals surface area contributed by atoms with Crippen LogP contribution >= 0.6 is 22.7 Å². The third-order valence-electron chi connectivity index (χ3n) is 8.84. The van der Waals surface area contributed by atoms with Gasteiger partial charge >= 0.3 is 5.97 Å². The van der Waals surface area contributed by atoms with Crippen molar-refractivity contribution in [2.75, 3.05) is 23.4 Å². The molecule has 0 spiro atoms. The van der Waals surface area contributed by atoms with Crippen LogP contribution < -0.4 is 15.0 Å². The Balaban J connectivity index is 1.01. The van der Waals surface area contributed by atoms with Crippen LogP contribution in [0, 0.1) is 11.3 Å². The summed E-state index contributed by atoms with van der Waals surface area (Å²) >= 11 is 2.83. The van der Waals surface area contributed by atoms with E-state index in [0.717, 1.165) is 58.3 Å². The summed E-state index contributed by atoms with van der Waals surface area (Å²) in [6.45, 7) is 1.56. The Bertz CT molecular complexity index is 1940. The van der Waals surface area contributed by atoms with E-state index in [1.807, 2.05) is 66.7 Å². The normalized spacial score (nSPS) is 15.1. The van der Waals surface area contributed by atoms with Crippen LogP contribution in [0.3, 0.4) is 0 Å². The predicted octanol–water partition coefficient (Wildman–Crippen LogP) is 7.22. The van der Waals surface area contributed by atoms with Gasteiger partial charge in [0, 0.05) is 23.5 Å². The second-order valence-corrected chi connectivity index (χ2v) is 13.7. The molecule has 1 fully saturated rings. The molecule has 2 N–H and O–H groups in total. The molecule has 2 aromatic heterocycles. The smallest absolute Gasteiger partial charge is 0.355 e. The number of hydrogen-bond acceptors (Lipinski definition) is 9. The molecule has 3 aromatic carbocycles. The molecule has 0 unspecified atom stereocenters. The number of aromatic carboxylic acids is 1. The van der Waals surface area contributed by atoms with Crippen LogP contribution in [0.2, 0.25) is 0 Å². The molecule has 5 aromatic rings. The number of benzene rings is 3. The minimum atomic E-state index is -1.05. The van der Waals surface area contributed by atoms with Crippen molar-refractivity contribution >= 4 is 55.0 Å². The van der Waals surface area contributed by atoms with Gasteiger partial charge in [-0.2, -0.15) is 5.26 Å². The number of para-hydroxylation sites is 1. The number of rotatable bonds is 10. The molecule has 1 saturated carbocycles. The average Bonchev–Trinajstić information content (AvgIpc) is 3.67. The predicted molar refractivity (Wildman–Crippen MR) is 179 cm³/mol. The number of carboxylic acids is 1. The second kappa shape index (κ2) is 12.5. The van der Waals surface area contributed by atoms with Gasteiger partial charge in [-0.1, -0.05) is 47.7 Å². The zero-order chi connectivity index (χ0) is 31.7. The first kappa shape index (κ1) is 29.9. The van der Waals surface area contributed by atoms with Crippen LogP contribution in [0.25, 0.3) is 10.2 Å². The maximum atomic E-state index is 13.4. The van der Waals surface area contributed by atoms with Crippen molar-refractivity contribution < 1.29 is 19.4 Å². The van der Waals surface area contributed by atoms with Gasteiger partial charge in [0.25, 0.3) is 5.91 Å². The molecule has 2 aliphatic rings. The number of nitriles is 1. The Labute approximate surface area is 274 Å². The molecule has 11 heteroatoms. The highest BCUT2D eigenvalue weighted by Gasteiger charge is 2.38. The number of aryl methyl sites for hydroxylation is 1. The Kier molecular flexibility index (Phi) is 8.15. The second-order valence-electron chi connectivity index (χ2n) is 11.7. The van der Waals surface area contributed by atoms with Gasteiger partial charge in [0.05, 0.1) is 28.3 Å². The van der Waals surface area contributed by atoms with E-state index < -0.39 is 5.97 Å². The van der Waals surface area contributed by atoms with E-state index in [2.05, 4.69) is 26.3 Å². The molecule has 1 amide bonds. The zero-order valence-corrected chi connectivity index (χ0v) is 26.6. The van der Waals surface area contributed by atoms with Gasteiger partial charge in [-0.05, 0) is 85.5 Å². The van der Waals surface area contributed by atoms with E-state index in [4.69, 9.17) is 4.74 Å². The summed E-state index contributed by atoms with van der Waals surface area (Å²) in [7, 11) is 0. The number of thiazole rings is 2. The first-order valence-corrected chi connectivity index (χ1v) is 17.0. The molecule has 7 rings (SSSR count). The third kappa shape index (κ3) is 5.82. The lowest BCUT2D eigenvalue weighted by Gasteiger charge is -2.35. The van der Waals surface area contributed by atoms with Crippen LogP contribution in [0.5, 0.6) is 5.75 Å². The molecule has 1 aliphatic heterocycles. The number of nitrogens with one attached hydrogen (secondary N) is 1. The van der Waals surface area contributed by atoms with E-state index in [1.165, 1.54) is 22.7 Å². The number of ether oxygens (including phenoxy) is 1. The van der Waals surface area contributed by atoms with Crippen molar-refractivity contribution in [1.82, 2.24) is 9.97 Å². The van der Waals surface area contributed by atoms with E-state index in [1.54, 1.807) is 0 Å². The number of carbonyl (C=O) groups is 2. The summed E-state index contributed by atoms with van der Waals surface area (Å²) in [6.07, 6.45) is 4.76. The molecule has 0 saturated heterocycles. The maximum absolute atomic E-state index is 13.4. The molecule has 46 heavy (non-hydrogen) atoms. The molecule has 1 aliphatic carbocycles. The van der Waals surface area contributed by atoms with Crippen LogP contribution in [0.1, 0.15) is 68.1 Å². The fraction of sp³-hybridized carbons (Fsp3) is 0.286. The lowest BCUT2D eigenvalue weighted by Crippen LogP contribution is -2.32. The number of carbonyl (C=O) groups excluding carboxylic acids is 1. The number of nitrogens with zero attached hydrogens (tertiary/aromatic N) is 4. The number of carboxylic acid groups (broad SMARTS) is 1.